The van der Waals surface area contributed by atoms with Gasteiger partial charge in [-0.1, -0.05) is 24.4 Å². The Hall–Kier alpha value is -1.24. The van der Waals surface area contributed by atoms with Crippen molar-refractivity contribution in [1.29, 1.82) is 5.26 Å². The highest BCUT2D eigenvalue weighted by Crippen LogP contribution is 2.28. The maximum absolute atomic E-state index is 8.84. The number of halogens is 1. The van der Waals surface area contributed by atoms with Crippen molar-refractivity contribution in [3.63, 3.8) is 0 Å². The quantitative estimate of drug-likeness (QED) is 0.881. The van der Waals surface area contributed by atoms with E-state index >= 15 is 0 Å². The highest BCUT2D eigenvalue weighted by Gasteiger charge is 2.23. The van der Waals surface area contributed by atoms with Crippen LogP contribution in [0.5, 0.6) is 0 Å². The SMILES string of the molecule is N#Cc1ccc(NC2CCCCC2CN)cc1Cl. The van der Waals surface area contributed by atoms with Crippen molar-refractivity contribution in [2.24, 2.45) is 11.7 Å². The summed E-state index contributed by atoms with van der Waals surface area (Å²) in [4.78, 5) is 0. The van der Waals surface area contributed by atoms with Gasteiger partial charge in [-0.05, 0) is 43.5 Å². The van der Waals surface area contributed by atoms with E-state index in [0.717, 1.165) is 18.7 Å². The summed E-state index contributed by atoms with van der Waals surface area (Å²) in [7, 11) is 0. The lowest BCUT2D eigenvalue weighted by Gasteiger charge is -2.32. The van der Waals surface area contributed by atoms with Crippen LogP contribution in [0.3, 0.4) is 0 Å². The van der Waals surface area contributed by atoms with Crippen molar-refractivity contribution in [2.45, 2.75) is 31.7 Å². The summed E-state index contributed by atoms with van der Waals surface area (Å²) in [5, 5.41) is 12.8. The van der Waals surface area contributed by atoms with Crippen LogP contribution in [0.25, 0.3) is 0 Å². The third kappa shape index (κ3) is 2.95. The van der Waals surface area contributed by atoms with Crippen molar-refractivity contribution < 1.29 is 0 Å². The Morgan fingerprint density at radius 1 is 1.39 bits per heavy atom. The van der Waals surface area contributed by atoms with E-state index in [-0.39, 0.29) is 0 Å². The Balaban J connectivity index is 2.08. The predicted octanol–water partition coefficient (Wildman–Crippen LogP) is 3.14. The van der Waals surface area contributed by atoms with E-state index in [4.69, 9.17) is 22.6 Å². The van der Waals surface area contributed by atoms with Gasteiger partial charge < -0.3 is 11.1 Å². The van der Waals surface area contributed by atoms with E-state index in [1.807, 2.05) is 12.1 Å². The molecule has 96 valence electrons. The van der Waals surface area contributed by atoms with Gasteiger partial charge in [0.1, 0.15) is 6.07 Å². The first kappa shape index (κ1) is 13.2. The molecule has 0 saturated heterocycles. The largest absolute Gasteiger partial charge is 0.382 e. The lowest BCUT2D eigenvalue weighted by molar-refractivity contribution is 0.332. The van der Waals surface area contributed by atoms with Gasteiger partial charge in [-0.2, -0.15) is 5.26 Å². The summed E-state index contributed by atoms with van der Waals surface area (Å²) in [6.07, 6.45) is 4.87. The van der Waals surface area contributed by atoms with Crippen molar-refractivity contribution in [3.8, 4) is 6.07 Å². The highest BCUT2D eigenvalue weighted by atomic mass is 35.5. The molecule has 0 aliphatic heterocycles. The minimum absolute atomic E-state index is 0.424. The molecule has 1 aliphatic rings. The Morgan fingerprint density at radius 2 is 2.17 bits per heavy atom. The van der Waals surface area contributed by atoms with Crippen LogP contribution >= 0.6 is 11.6 Å². The molecule has 2 unspecified atom stereocenters. The standard InChI is InChI=1S/C14H18ClN3/c15-13-7-12(6-5-10(13)8-16)18-14-4-2-1-3-11(14)9-17/h5-7,11,14,18H,1-4,9,17H2. The van der Waals surface area contributed by atoms with Crippen LogP contribution < -0.4 is 11.1 Å². The normalized spacial score (nSPS) is 23.4. The summed E-state index contributed by atoms with van der Waals surface area (Å²) in [6, 6.07) is 7.98. The van der Waals surface area contributed by atoms with Gasteiger partial charge in [0.25, 0.3) is 0 Å². The number of hydrogen-bond donors (Lipinski definition) is 2. The molecule has 18 heavy (non-hydrogen) atoms. The lowest BCUT2D eigenvalue weighted by atomic mass is 9.84. The van der Waals surface area contributed by atoms with Crippen LogP contribution in [0.2, 0.25) is 5.02 Å². The topological polar surface area (TPSA) is 61.8 Å². The second kappa shape index (κ2) is 6.08. The zero-order valence-electron chi connectivity index (χ0n) is 10.3. The van der Waals surface area contributed by atoms with Crippen molar-refractivity contribution >= 4 is 17.3 Å². The van der Waals surface area contributed by atoms with Crippen molar-refractivity contribution in [2.75, 3.05) is 11.9 Å². The van der Waals surface area contributed by atoms with E-state index in [0.29, 0.717) is 22.5 Å². The molecule has 4 heteroatoms. The summed E-state index contributed by atoms with van der Waals surface area (Å²) < 4.78 is 0. The first-order chi connectivity index (χ1) is 8.74. The molecule has 2 rings (SSSR count). The van der Waals surface area contributed by atoms with Gasteiger partial charge in [0, 0.05) is 11.7 Å². The average Bonchev–Trinajstić information content (AvgIpc) is 2.39. The van der Waals surface area contributed by atoms with Gasteiger partial charge in [0.05, 0.1) is 10.6 Å². The number of nitrogens with one attached hydrogen (secondary N) is 1. The average molecular weight is 264 g/mol. The van der Waals surface area contributed by atoms with E-state index in [1.165, 1.54) is 19.3 Å². The molecular weight excluding hydrogens is 246 g/mol. The maximum atomic E-state index is 8.84. The molecule has 0 heterocycles. The number of nitrogens with two attached hydrogens (primary N) is 1. The zero-order valence-corrected chi connectivity index (χ0v) is 11.1. The molecule has 1 aromatic rings. The number of hydrogen-bond acceptors (Lipinski definition) is 3. The number of benzene rings is 1. The van der Waals surface area contributed by atoms with Crippen LogP contribution in [0.1, 0.15) is 31.2 Å². The van der Waals surface area contributed by atoms with Gasteiger partial charge in [-0.3, -0.25) is 0 Å². The first-order valence-corrected chi connectivity index (χ1v) is 6.78. The molecule has 3 N–H and O–H groups in total. The maximum Gasteiger partial charge on any atom is 0.101 e. The van der Waals surface area contributed by atoms with Gasteiger partial charge in [-0.15, -0.1) is 0 Å². The van der Waals surface area contributed by atoms with Crippen LogP contribution in [0, 0.1) is 17.2 Å². The summed E-state index contributed by atoms with van der Waals surface area (Å²) >= 11 is 6.03. The third-order valence-electron chi connectivity index (χ3n) is 3.65. The van der Waals surface area contributed by atoms with Crippen molar-refractivity contribution in [1.82, 2.24) is 0 Å². The molecule has 0 aromatic heterocycles. The molecule has 0 spiro atoms. The van der Waals surface area contributed by atoms with Crippen LogP contribution in [0.4, 0.5) is 5.69 Å². The summed E-state index contributed by atoms with van der Waals surface area (Å²) in [5.74, 6) is 0.535. The molecule has 1 saturated carbocycles. The molecule has 0 amide bonds. The number of nitriles is 1. The van der Waals surface area contributed by atoms with E-state index in [9.17, 15) is 0 Å². The van der Waals surface area contributed by atoms with Crippen LogP contribution in [0.15, 0.2) is 18.2 Å². The smallest absolute Gasteiger partial charge is 0.101 e. The fraction of sp³-hybridized carbons (Fsp3) is 0.500. The molecule has 1 aliphatic carbocycles. The van der Waals surface area contributed by atoms with Crippen molar-refractivity contribution in [3.05, 3.63) is 28.8 Å². The Bertz CT molecular complexity index is 453. The summed E-state index contributed by atoms with van der Waals surface area (Å²) in [5.41, 5.74) is 7.31. The Kier molecular flexibility index (Phi) is 4.46. The lowest BCUT2D eigenvalue weighted by Crippen LogP contribution is -2.36. The molecule has 3 nitrogen and oxygen atoms in total. The van der Waals surface area contributed by atoms with Gasteiger partial charge in [-0.25, -0.2) is 0 Å². The third-order valence-corrected chi connectivity index (χ3v) is 3.97. The number of rotatable bonds is 3. The van der Waals surface area contributed by atoms with E-state index < -0.39 is 0 Å². The predicted molar refractivity (Wildman–Crippen MR) is 74.6 cm³/mol. The molecule has 1 aromatic carbocycles. The van der Waals surface area contributed by atoms with Gasteiger partial charge in [0.2, 0.25) is 0 Å². The summed E-state index contributed by atoms with van der Waals surface area (Å²) in [6.45, 7) is 0.724. The molecule has 0 radical (unpaired) electrons. The minimum Gasteiger partial charge on any atom is -0.382 e. The molecule has 2 atom stereocenters. The molecule has 1 fully saturated rings. The minimum atomic E-state index is 0.424. The first-order valence-electron chi connectivity index (χ1n) is 6.41. The van der Waals surface area contributed by atoms with E-state index in [2.05, 4.69) is 11.4 Å². The van der Waals surface area contributed by atoms with E-state index in [1.54, 1.807) is 6.07 Å². The monoisotopic (exact) mass is 263 g/mol. The second-order valence-corrected chi connectivity index (χ2v) is 5.24. The second-order valence-electron chi connectivity index (χ2n) is 4.84. The fourth-order valence-corrected chi connectivity index (χ4v) is 2.81. The molecule has 0 bridgehead atoms. The Labute approximate surface area is 113 Å². The zero-order chi connectivity index (χ0) is 13.0. The number of nitrogens with zero attached hydrogens (tertiary/aromatic N) is 1. The highest BCUT2D eigenvalue weighted by molar-refractivity contribution is 6.32. The molecular formula is C14H18ClN3. The van der Waals surface area contributed by atoms with Crippen LogP contribution in [-0.2, 0) is 0 Å². The van der Waals surface area contributed by atoms with Gasteiger partial charge in [0.15, 0.2) is 0 Å². The van der Waals surface area contributed by atoms with Crippen LogP contribution in [-0.4, -0.2) is 12.6 Å². The van der Waals surface area contributed by atoms with Gasteiger partial charge >= 0.3 is 0 Å². The Morgan fingerprint density at radius 3 is 2.83 bits per heavy atom. The number of anilines is 1. The fourth-order valence-electron chi connectivity index (χ4n) is 2.59.